The Hall–Kier alpha value is -1.84. The zero-order valence-corrected chi connectivity index (χ0v) is 7.73. The highest BCUT2D eigenvalue weighted by molar-refractivity contribution is 6.05. The van der Waals surface area contributed by atoms with Crippen molar-refractivity contribution in [3.05, 3.63) is 36.3 Å². The summed E-state index contributed by atoms with van der Waals surface area (Å²) in [5, 5.41) is 0. The maximum atomic E-state index is 11.2. The molecule has 0 aromatic carbocycles. The summed E-state index contributed by atoms with van der Waals surface area (Å²) in [5.74, 6) is -0.694. The summed E-state index contributed by atoms with van der Waals surface area (Å²) in [4.78, 5) is 22.1. The average molecular weight is 194 g/mol. The van der Waals surface area contributed by atoms with E-state index in [2.05, 4.69) is 4.74 Å². The SMILES string of the molecule is CCOC(=O)/C=C/C(=O)c1ccco1. The summed E-state index contributed by atoms with van der Waals surface area (Å²) in [6.07, 6.45) is 3.59. The molecule has 0 saturated carbocycles. The second-order valence-electron chi connectivity index (χ2n) is 2.43. The van der Waals surface area contributed by atoms with Gasteiger partial charge < -0.3 is 9.15 Å². The fourth-order valence-electron chi connectivity index (χ4n) is 0.835. The Labute approximate surface area is 81.2 Å². The van der Waals surface area contributed by atoms with Crippen LogP contribution in [0, 0.1) is 0 Å². The van der Waals surface area contributed by atoms with Crippen molar-refractivity contribution in [2.24, 2.45) is 0 Å². The Kier molecular flexibility index (Phi) is 3.67. The van der Waals surface area contributed by atoms with Gasteiger partial charge in [0.05, 0.1) is 12.9 Å². The van der Waals surface area contributed by atoms with Gasteiger partial charge in [-0.15, -0.1) is 0 Å². The van der Waals surface area contributed by atoms with Gasteiger partial charge in [0.25, 0.3) is 0 Å². The molecule has 1 heterocycles. The third kappa shape index (κ3) is 2.90. The van der Waals surface area contributed by atoms with Crippen LogP contribution < -0.4 is 0 Å². The van der Waals surface area contributed by atoms with E-state index < -0.39 is 5.97 Å². The standard InChI is InChI=1S/C10H10O4/c1-2-13-10(12)6-5-8(11)9-4-3-7-14-9/h3-7H,2H2,1H3/b6-5+. The molecule has 0 amide bonds. The topological polar surface area (TPSA) is 56.5 Å². The average Bonchev–Trinajstić information content (AvgIpc) is 2.67. The number of ether oxygens (including phenoxy) is 1. The highest BCUT2D eigenvalue weighted by Crippen LogP contribution is 2.01. The predicted molar refractivity (Wildman–Crippen MR) is 48.8 cm³/mol. The second-order valence-corrected chi connectivity index (χ2v) is 2.43. The summed E-state index contributed by atoms with van der Waals surface area (Å²) in [6, 6.07) is 3.13. The van der Waals surface area contributed by atoms with E-state index in [1.807, 2.05) is 0 Å². The van der Waals surface area contributed by atoms with Crippen molar-refractivity contribution < 1.29 is 18.7 Å². The molecule has 0 radical (unpaired) electrons. The number of carbonyl (C=O) groups is 2. The van der Waals surface area contributed by atoms with Crippen LogP contribution in [0.5, 0.6) is 0 Å². The quantitative estimate of drug-likeness (QED) is 0.415. The van der Waals surface area contributed by atoms with E-state index in [0.717, 1.165) is 12.2 Å². The van der Waals surface area contributed by atoms with Crippen LogP contribution >= 0.6 is 0 Å². The lowest BCUT2D eigenvalue weighted by atomic mass is 10.3. The van der Waals surface area contributed by atoms with Crippen LogP contribution in [0.2, 0.25) is 0 Å². The predicted octanol–water partition coefficient (Wildman–Crippen LogP) is 1.58. The first-order valence-electron chi connectivity index (χ1n) is 4.16. The molecule has 0 aliphatic rings. The van der Waals surface area contributed by atoms with Gasteiger partial charge in [0, 0.05) is 6.08 Å². The van der Waals surface area contributed by atoms with Crippen LogP contribution in [0.25, 0.3) is 0 Å². The number of hydrogen-bond acceptors (Lipinski definition) is 4. The zero-order chi connectivity index (χ0) is 10.4. The van der Waals surface area contributed by atoms with Gasteiger partial charge in [0.1, 0.15) is 0 Å². The van der Waals surface area contributed by atoms with Crippen molar-refractivity contribution in [1.82, 2.24) is 0 Å². The van der Waals surface area contributed by atoms with Crippen molar-refractivity contribution in [3.8, 4) is 0 Å². The molecule has 0 spiro atoms. The van der Waals surface area contributed by atoms with Gasteiger partial charge >= 0.3 is 5.97 Å². The van der Waals surface area contributed by atoms with Crippen molar-refractivity contribution in [2.75, 3.05) is 6.61 Å². The minimum Gasteiger partial charge on any atom is -0.463 e. The van der Waals surface area contributed by atoms with E-state index in [1.165, 1.54) is 12.3 Å². The minimum absolute atomic E-state index is 0.200. The first-order chi connectivity index (χ1) is 6.74. The molecule has 0 N–H and O–H groups in total. The van der Waals surface area contributed by atoms with Crippen LogP contribution in [0.1, 0.15) is 17.5 Å². The molecule has 0 atom stereocenters. The molecule has 1 rings (SSSR count). The first-order valence-corrected chi connectivity index (χ1v) is 4.16. The van der Waals surface area contributed by atoms with E-state index >= 15 is 0 Å². The Morgan fingerprint density at radius 1 is 1.50 bits per heavy atom. The van der Waals surface area contributed by atoms with Crippen LogP contribution in [0.4, 0.5) is 0 Å². The molecule has 0 unspecified atom stereocenters. The van der Waals surface area contributed by atoms with E-state index in [4.69, 9.17) is 4.42 Å². The second kappa shape index (κ2) is 5.01. The molecule has 0 aliphatic carbocycles. The molecular formula is C10H10O4. The van der Waals surface area contributed by atoms with Crippen molar-refractivity contribution >= 4 is 11.8 Å². The summed E-state index contributed by atoms with van der Waals surface area (Å²) in [6.45, 7) is 1.98. The first kappa shape index (κ1) is 10.2. The Balaban J connectivity index is 2.53. The monoisotopic (exact) mass is 194 g/mol. The highest BCUT2D eigenvalue weighted by atomic mass is 16.5. The molecule has 14 heavy (non-hydrogen) atoms. The van der Waals surface area contributed by atoms with E-state index in [1.54, 1.807) is 13.0 Å². The van der Waals surface area contributed by atoms with Gasteiger partial charge in [-0.2, -0.15) is 0 Å². The van der Waals surface area contributed by atoms with Crippen molar-refractivity contribution in [3.63, 3.8) is 0 Å². The number of esters is 1. The number of ketones is 1. The van der Waals surface area contributed by atoms with Gasteiger partial charge in [-0.05, 0) is 25.1 Å². The molecule has 0 saturated heterocycles. The largest absolute Gasteiger partial charge is 0.463 e. The van der Waals surface area contributed by atoms with Gasteiger partial charge in [-0.1, -0.05) is 0 Å². The molecular weight excluding hydrogens is 184 g/mol. The molecule has 1 aromatic heterocycles. The van der Waals surface area contributed by atoms with Gasteiger partial charge in [-0.3, -0.25) is 4.79 Å². The summed E-state index contributed by atoms with van der Waals surface area (Å²) >= 11 is 0. The van der Waals surface area contributed by atoms with Gasteiger partial charge in [0.2, 0.25) is 5.78 Å². The normalized spacial score (nSPS) is 10.4. The molecule has 1 aromatic rings. The van der Waals surface area contributed by atoms with Crippen LogP contribution in [-0.4, -0.2) is 18.4 Å². The summed E-state index contributed by atoms with van der Waals surface area (Å²) in [7, 11) is 0. The van der Waals surface area contributed by atoms with E-state index in [-0.39, 0.29) is 18.2 Å². The van der Waals surface area contributed by atoms with Gasteiger partial charge in [0.15, 0.2) is 5.76 Å². The molecule has 4 heteroatoms. The Morgan fingerprint density at radius 3 is 2.86 bits per heavy atom. The number of rotatable bonds is 4. The smallest absolute Gasteiger partial charge is 0.330 e. The summed E-state index contributed by atoms with van der Waals surface area (Å²) in [5.41, 5.74) is 0. The fourth-order valence-corrected chi connectivity index (χ4v) is 0.835. The third-order valence-corrected chi connectivity index (χ3v) is 1.42. The number of allylic oxidation sites excluding steroid dienone is 1. The summed E-state index contributed by atoms with van der Waals surface area (Å²) < 4.78 is 9.44. The maximum absolute atomic E-state index is 11.2. The van der Waals surface area contributed by atoms with Crippen LogP contribution in [0.15, 0.2) is 35.0 Å². The third-order valence-electron chi connectivity index (χ3n) is 1.42. The molecule has 74 valence electrons. The number of carbonyl (C=O) groups excluding carboxylic acids is 2. The molecule has 0 aliphatic heterocycles. The fraction of sp³-hybridized carbons (Fsp3) is 0.200. The molecule has 0 bridgehead atoms. The van der Waals surface area contributed by atoms with Crippen LogP contribution in [0.3, 0.4) is 0 Å². The zero-order valence-electron chi connectivity index (χ0n) is 7.73. The van der Waals surface area contributed by atoms with E-state index in [9.17, 15) is 9.59 Å². The van der Waals surface area contributed by atoms with E-state index in [0.29, 0.717) is 0 Å². The highest BCUT2D eigenvalue weighted by Gasteiger charge is 2.04. The van der Waals surface area contributed by atoms with Crippen molar-refractivity contribution in [1.29, 1.82) is 0 Å². The van der Waals surface area contributed by atoms with Crippen molar-refractivity contribution in [2.45, 2.75) is 6.92 Å². The lowest BCUT2D eigenvalue weighted by Gasteiger charge is -1.93. The maximum Gasteiger partial charge on any atom is 0.330 e. The molecule has 0 fully saturated rings. The van der Waals surface area contributed by atoms with Crippen LogP contribution in [-0.2, 0) is 9.53 Å². The number of furan rings is 1. The van der Waals surface area contributed by atoms with Gasteiger partial charge in [-0.25, -0.2) is 4.79 Å². The lowest BCUT2D eigenvalue weighted by molar-refractivity contribution is -0.137. The molecule has 4 nitrogen and oxygen atoms in total. The number of hydrogen-bond donors (Lipinski definition) is 0. The minimum atomic E-state index is -0.535. The Morgan fingerprint density at radius 2 is 2.29 bits per heavy atom. The lowest BCUT2D eigenvalue weighted by Crippen LogP contribution is -2.01. The Bertz CT molecular complexity index is 335.